The van der Waals surface area contributed by atoms with E-state index in [-0.39, 0.29) is 5.75 Å². The number of rotatable bonds is 5. The molecule has 1 saturated heterocycles. The summed E-state index contributed by atoms with van der Waals surface area (Å²) in [6.07, 6.45) is 4.68. The van der Waals surface area contributed by atoms with Crippen LogP contribution in [-0.4, -0.2) is 61.3 Å². The molecule has 0 aromatic carbocycles. The highest BCUT2D eigenvalue weighted by Crippen LogP contribution is 2.06. The molecular formula is C10H16N4O3S. The Morgan fingerprint density at radius 2 is 2.11 bits per heavy atom. The summed E-state index contributed by atoms with van der Waals surface area (Å²) in [6.45, 7) is 2.13. The van der Waals surface area contributed by atoms with Gasteiger partial charge in [-0.3, -0.25) is 4.98 Å². The van der Waals surface area contributed by atoms with Gasteiger partial charge >= 0.3 is 0 Å². The number of sulfonamides is 1. The monoisotopic (exact) mass is 272 g/mol. The Hall–Kier alpha value is -1.25. The van der Waals surface area contributed by atoms with E-state index >= 15 is 0 Å². The second-order valence-corrected chi connectivity index (χ2v) is 5.93. The number of aromatic nitrogens is 2. The molecule has 0 bridgehead atoms. The molecule has 1 aromatic heterocycles. The van der Waals surface area contributed by atoms with Crippen molar-refractivity contribution >= 4 is 15.8 Å². The molecule has 0 atom stereocenters. The molecule has 0 amide bonds. The first kappa shape index (κ1) is 13.2. The molecule has 1 aliphatic rings. The van der Waals surface area contributed by atoms with Gasteiger partial charge in [-0.1, -0.05) is 0 Å². The van der Waals surface area contributed by atoms with E-state index in [0.717, 1.165) is 0 Å². The first-order chi connectivity index (χ1) is 8.68. The Morgan fingerprint density at radius 3 is 2.78 bits per heavy atom. The zero-order valence-corrected chi connectivity index (χ0v) is 10.8. The Balaban J connectivity index is 1.82. The number of morpholine rings is 1. The van der Waals surface area contributed by atoms with Crippen molar-refractivity contribution in [3.05, 3.63) is 18.6 Å². The Labute approximate surface area is 106 Å². The first-order valence-corrected chi connectivity index (χ1v) is 7.35. The van der Waals surface area contributed by atoms with Crippen LogP contribution >= 0.6 is 0 Å². The lowest BCUT2D eigenvalue weighted by atomic mass is 10.5. The van der Waals surface area contributed by atoms with Crippen LogP contribution in [0.5, 0.6) is 0 Å². The van der Waals surface area contributed by atoms with Crippen molar-refractivity contribution in [1.82, 2.24) is 14.3 Å². The van der Waals surface area contributed by atoms with Crippen LogP contribution in [0.4, 0.5) is 5.82 Å². The second kappa shape index (κ2) is 6.07. The summed E-state index contributed by atoms with van der Waals surface area (Å²) in [7, 11) is -3.21. The predicted molar refractivity (Wildman–Crippen MR) is 66.7 cm³/mol. The van der Waals surface area contributed by atoms with Gasteiger partial charge in [0.05, 0.1) is 25.2 Å². The van der Waals surface area contributed by atoms with Gasteiger partial charge in [-0.15, -0.1) is 0 Å². The number of hydrogen-bond donors (Lipinski definition) is 1. The summed E-state index contributed by atoms with van der Waals surface area (Å²) in [5, 5.41) is 2.93. The summed E-state index contributed by atoms with van der Waals surface area (Å²) in [4.78, 5) is 7.90. The number of nitrogens with zero attached hydrogens (tertiary/aromatic N) is 3. The average Bonchev–Trinajstić information content (AvgIpc) is 2.41. The van der Waals surface area contributed by atoms with Gasteiger partial charge in [0.15, 0.2) is 0 Å². The maximum absolute atomic E-state index is 12.0. The molecule has 100 valence electrons. The molecular weight excluding hydrogens is 256 g/mol. The van der Waals surface area contributed by atoms with E-state index in [0.29, 0.717) is 38.7 Å². The van der Waals surface area contributed by atoms with Gasteiger partial charge in [0, 0.05) is 32.0 Å². The minimum Gasteiger partial charge on any atom is -0.379 e. The fourth-order valence-corrected chi connectivity index (χ4v) is 2.98. The third-order valence-corrected chi connectivity index (χ3v) is 4.46. The van der Waals surface area contributed by atoms with Crippen molar-refractivity contribution in [2.24, 2.45) is 0 Å². The van der Waals surface area contributed by atoms with Crippen LogP contribution in [-0.2, 0) is 14.8 Å². The van der Waals surface area contributed by atoms with E-state index in [9.17, 15) is 8.42 Å². The summed E-state index contributed by atoms with van der Waals surface area (Å²) < 4.78 is 30.5. The van der Waals surface area contributed by atoms with Crippen molar-refractivity contribution in [2.75, 3.05) is 43.9 Å². The van der Waals surface area contributed by atoms with Crippen LogP contribution < -0.4 is 5.32 Å². The minimum absolute atomic E-state index is 0.0452. The van der Waals surface area contributed by atoms with Crippen LogP contribution in [0, 0.1) is 0 Å². The predicted octanol–water partition coefficient (Wildman–Crippen LogP) is -0.449. The third kappa shape index (κ3) is 3.62. The number of anilines is 1. The highest BCUT2D eigenvalue weighted by Gasteiger charge is 2.23. The van der Waals surface area contributed by atoms with Gasteiger partial charge < -0.3 is 10.1 Å². The molecule has 1 N–H and O–H groups in total. The lowest BCUT2D eigenvalue weighted by Gasteiger charge is -2.26. The lowest BCUT2D eigenvalue weighted by Crippen LogP contribution is -2.42. The smallest absolute Gasteiger partial charge is 0.215 e. The van der Waals surface area contributed by atoms with E-state index in [2.05, 4.69) is 15.3 Å². The van der Waals surface area contributed by atoms with Gasteiger partial charge in [-0.25, -0.2) is 13.4 Å². The van der Waals surface area contributed by atoms with Gasteiger partial charge in [-0.05, 0) is 0 Å². The van der Waals surface area contributed by atoms with Crippen LogP contribution in [0.3, 0.4) is 0 Å². The second-order valence-electron chi connectivity index (χ2n) is 3.84. The summed E-state index contributed by atoms with van der Waals surface area (Å²) in [6, 6.07) is 0. The summed E-state index contributed by atoms with van der Waals surface area (Å²) >= 11 is 0. The molecule has 2 heterocycles. The summed E-state index contributed by atoms with van der Waals surface area (Å²) in [5.41, 5.74) is 0. The van der Waals surface area contributed by atoms with Crippen molar-refractivity contribution in [1.29, 1.82) is 0 Å². The van der Waals surface area contributed by atoms with Crippen molar-refractivity contribution in [2.45, 2.75) is 0 Å². The standard InChI is InChI=1S/C10H16N4O3S/c15-18(16,14-4-6-17-7-5-14)8-3-13-10-9-11-1-2-12-10/h1-2,9H,3-8H2,(H,12,13). The van der Waals surface area contributed by atoms with Gasteiger partial charge in [0.25, 0.3) is 0 Å². The zero-order valence-electron chi connectivity index (χ0n) is 9.95. The van der Waals surface area contributed by atoms with Crippen molar-refractivity contribution in [3.8, 4) is 0 Å². The molecule has 1 aliphatic heterocycles. The summed E-state index contributed by atoms with van der Waals surface area (Å²) in [5.74, 6) is 0.624. The molecule has 7 nitrogen and oxygen atoms in total. The Bertz CT molecular complexity index is 459. The third-order valence-electron chi connectivity index (χ3n) is 2.59. The average molecular weight is 272 g/mol. The number of nitrogens with one attached hydrogen (secondary N) is 1. The van der Waals surface area contributed by atoms with Crippen molar-refractivity contribution < 1.29 is 13.2 Å². The fourth-order valence-electron chi connectivity index (χ4n) is 1.65. The highest BCUT2D eigenvalue weighted by atomic mass is 32.2. The lowest BCUT2D eigenvalue weighted by molar-refractivity contribution is 0.0731. The minimum atomic E-state index is -3.21. The van der Waals surface area contributed by atoms with Crippen LogP contribution in [0.25, 0.3) is 0 Å². The number of ether oxygens (including phenoxy) is 1. The molecule has 2 rings (SSSR count). The van der Waals surface area contributed by atoms with Crippen LogP contribution in [0.1, 0.15) is 0 Å². The molecule has 0 aliphatic carbocycles. The number of hydrogen-bond acceptors (Lipinski definition) is 6. The Kier molecular flexibility index (Phi) is 4.45. The first-order valence-electron chi connectivity index (χ1n) is 5.74. The Morgan fingerprint density at radius 1 is 1.33 bits per heavy atom. The van der Waals surface area contributed by atoms with Gasteiger partial charge in [0.1, 0.15) is 5.82 Å². The molecule has 1 fully saturated rings. The van der Waals surface area contributed by atoms with Crippen LogP contribution in [0.15, 0.2) is 18.6 Å². The van der Waals surface area contributed by atoms with E-state index in [4.69, 9.17) is 4.74 Å². The topological polar surface area (TPSA) is 84.4 Å². The highest BCUT2D eigenvalue weighted by molar-refractivity contribution is 7.89. The van der Waals surface area contributed by atoms with E-state index in [1.807, 2.05) is 0 Å². The quantitative estimate of drug-likeness (QED) is 0.781. The van der Waals surface area contributed by atoms with Crippen molar-refractivity contribution in [3.63, 3.8) is 0 Å². The zero-order chi connectivity index (χ0) is 12.8. The molecule has 0 unspecified atom stereocenters. The molecule has 1 aromatic rings. The SMILES string of the molecule is O=S(=O)(CCNc1cnccn1)N1CCOCC1. The van der Waals surface area contributed by atoms with E-state index in [1.54, 1.807) is 18.6 Å². The van der Waals surface area contributed by atoms with E-state index in [1.165, 1.54) is 4.31 Å². The normalized spacial score (nSPS) is 17.6. The molecule has 0 radical (unpaired) electrons. The molecule has 8 heteroatoms. The maximum Gasteiger partial charge on any atom is 0.215 e. The molecule has 0 saturated carbocycles. The fraction of sp³-hybridized carbons (Fsp3) is 0.600. The maximum atomic E-state index is 12.0. The largest absolute Gasteiger partial charge is 0.379 e. The molecule has 0 spiro atoms. The van der Waals surface area contributed by atoms with E-state index < -0.39 is 10.0 Å². The molecule has 18 heavy (non-hydrogen) atoms. The van der Waals surface area contributed by atoms with Gasteiger partial charge in [0.2, 0.25) is 10.0 Å². The van der Waals surface area contributed by atoms with Gasteiger partial charge in [-0.2, -0.15) is 4.31 Å². The van der Waals surface area contributed by atoms with Crippen LogP contribution in [0.2, 0.25) is 0 Å².